The summed E-state index contributed by atoms with van der Waals surface area (Å²) in [6.07, 6.45) is 4.57. The molecule has 30 heavy (non-hydrogen) atoms. The second-order valence-electron chi connectivity index (χ2n) is 7.83. The molecule has 5 heteroatoms. The molecule has 0 bridgehead atoms. The van der Waals surface area contributed by atoms with Crippen LogP contribution in [0.3, 0.4) is 0 Å². The first-order valence-electron chi connectivity index (χ1n) is 10.4. The van der Waals surface area contributed by atoms with Crippen molar-refractivity contribution in [2.45, 2.75) is 32.3 Å². The molecule has 1 aromatic heterocycles. The molecule has 1 amide bonds. The normalized spacial score (nSPS) is 18.8. The zero-order valence-electron chi connectivity index (χ0n) is 17.6. The molecule has 1 aliphatic rings. The lowest BCUT2D eigenvalue weighted by atomic mass is 9.87. The predicted molar refractivity (Wildman–Crippen MR) is 124 cm³/mol. The molecule has 0 N–H and O–H groups in total. The second-order valence-corrected chi connectivity index (χ2v) is 7.83. The van der Waals surface area contributed by atoms with Gasteiger partial charge in [-0.15, -0.1) is 12.4 Å². The Labute approximate surface area is 184 Å². The van der Waals surface area contributed by atoms with E-state index in [4.69, 9.17) is 4.74 Å². The maximum absolute atomic E-state index is 12.0. The third-order valence-electron chi connectivity index (χ3n) is 6.03. The van der Waals surface area contributed by atoms with Crippen LogP contribution in [0.15, 0.2) is 60.8 Å². The van der Waals surface area contributed by atoms with Crippen molar-refractivity contribution in [3.8, 4) is 11.1 Å². The van der Waals surface area contributed by atoms with Crippen molar-refractivity contribution in [1.29, 1.82) is 0 Å². The fourth-order valence-corrected chi connectivity index (χ4v) is 4.28. The summed E-state index contributed by atoms with van der Waals surface area (Å²) < 4.78 is 5.73. The fourth-order valence-electron chi connectivity index (χ4n) is 4.28. The van der Waals surface area contributed by atoms with E-state index in [0.717, 1.165) is 35.9 Å². The van der Waals surface area contributed by atoms with Gasteiger partial charge in [-0.1, -0.05) is 49.4 Å². The summed E-state index contributed by atoms with van der Waals surface area (Å²) in [7, 11) is 1.76. The first-order valence-corrected chi connectivity index (χ1v) is 10.4. The predicted octanol–water partition coefficient (Wildman–Crippen LogP) is 5.14. The van der Waals surface area contributed by atoms with Crippen LogP contribution in [0.4, 0.5) is 0 Å². The minimum atomic E-state index is 0. The Hall–Kier alpha value is -2.43. The first kappa shape index (κ1) is 22.3. The molecule has 0 spiro atoms. The van der Waals surface area contributed by atoms with Gasteiger partial charge in [0.25, 0.3) is 0 Å². The zero-order chi connectivity index (χ0) is 20.2. The second kappa shape index (κ2) is 10.1. The van der Waals surface area contributed by atoms with Gasteiger partial charge in [-0.05, 0) is 42.0 Å². The number of pyridine rings is 1. The van der Waals surface area contributed by atoms with Gasteiger partial charge in [0.2, 0.25) is 5.91 Å². The van der Waals surface area contributed by atoms with Crippen molar-refractivity contribution in [3.63, 3.8) is 0 Å². The number of hydrogen-bond acceptors (Lipinski definition) is 3. The van der Waals surface area contributed by atoms with Gasteiger partial charge in [-0.3, -0.25) is 9.78 Å². The molecule has 2 aromatic carbocycles. The van der Waals surface area contributed by atoms with E-state index in [0.29, 0.717) is 18.9 Å². The SMILES string of the molecule is CCC(=O)N1CC[C@H](Cc2ccc(-c3cnc4ccccc4c3)cc2)[C@@H](OC)C1.Cl. The molecular weight excluding hydrogens is 396 g/mol. The molecule has 1 fully saturated rings. The smallest absolute Gasteiger partial charge is 0.222 e. The lowest BCUT2D eigenvalue weighted by molar-refractivity contribution is -0.136. The Bertz CT molecular complexity index is 990. The number of carbonyl (C=O) groups excluding carboxylic acids is 1. The lowest BCUT2D eigenvalue weighted by Gasteiger charge is -2.38. The summed E-state index contributed by atoms with van der Waals surface area (Å²) in [6, 6.07) is 19.2. The van der Waals surface area contributed by atoms with Crippen LogP contribution in [0.25, 0.3) is 22.0 Å². The standard InChI is InChI=1S/C25H28N2O2.ClH/c1-3-25(28)27-13-12-21(24(17-27)29-2)14-18-8-10-19(11-9-18)22-15-20-6-4-5-7-23(20)26-16-22;/h4-11,15-16,21,24H,3,12-14,17H2,1-2H3;1H/t21-,24+;/m1./s1. The third-order valence-corrected chi connectivity index (χ3v) is 6.03. The van der Waals surface area contributed by atoms with E-state index in [9.17, 15) is 4.79 Å². The van der Waals surface area contributed by atoms with Crippen LogP contribution in [0.5, 0.6) is 0 Å². The number of hydrogen-bond donors (Lipinski definition) is 0. The number of piperidine rings is 1. The van der Waals surface area contributed by atoms with Gasteiger partial charge in [0.1, 0.15) is 0 Å². The van der Waals surface area contributed by atoms with E-state index in [1.165, 1.54) is 11.1 Å². The van der Waals surface area contributed by atoms with E-state index < -0.39 is 0 Å². The summed E-state index contributed by atoms with van der Waals surface area (Å²) in [5.41, 5.74) is 4.64. The molecule has 2 heterocycles. The Balaban J connectivity index is 0.00000256. The summed E-state index contributed by atoms with van der Waals surface area (Å²) in [4.78, 5) is 18.5. The molecular formula is C25H29ClN2O2. The Morgan fingerprint density at radius 2 is 1.90 bits per heavy atom. The fraction of sp³-hybridized carbons (Fsp3) is 0.360. The van der Waals surface area contributed by atoms with Crippen molar-refractivity contribution in [1.82, 2.24) is 9.88 Å². The summed E-state index contributed by atoms with van der Waals surface area (Å²) in [5.74, 6) is 0.660. The molecule has 1 aliphatic heterocycles. The van der Waals surface area contributed by atoms with E-state index in [2.05, 4.69) is 41.4 Å². The van der Waals surface area contributed by atoms with Crippen LogP contribution in [0.1, 0.15) is 25.3 Å². The summed E-state index contributed by atoms with van der Waals surface area (Å²) in [6.45, 7) is 3.45. The van der Waals surface area contributed by atoms with E-state index in [1.54, 1.807) is 7.11 Å². The summed E-state index contributed by atoms with van der Waals surface area (Å²) in [5, 5.41) is 1.16. The van der Waals surface area contributed by atoms with Crippen LogP contribution < -0.4 is 0 Å². The van der Waals surface area contributed by atoms with Gasteiger partial charge in [-0.2, -0.15) is 0 Å². The molecule has 4 nitrogen and oxygen atoms in total. The highest BCUT2D eigenvalue weighted by atomic mass is 35.5. The molecule has 0 aliphatic carbocycles. The molecule has 1 saturated heterocycles. The molecule has 158 valence electrons. The maximum Gasteiger partial charge on any atom is 0.222 e. The Kier molecular flexibility index (Phi) is 7.46. The maximum atomic E-state index is 12.0. The number of carbonyl (C=O) groups is 1. The number of methoxy groups -OCH3 is 1. The minimum absolute atomic E-state index is 0. The van der Waals surface area contributed by atoms with E-state index >= 15 is 0 Å². The van der Waals surface area contributed by atoms with Crippen LogP contribution in [-0.4, -0.2) is 42.1 Å². The molecule has 2 atom stereocenters. The number of nitrogens with zero attached hydrogens (tertiary/aromatic N) is 2. The number of rotatable bonds is 5. The van der Waals surface area contributed by atoms with E-state index in [-0.39, 0.29) is 24.4 Å². The number of ether oxygens (including phenoxy) is 1. The number of aromatic nitrogens is 1. The van der Waals surface area contributed by atoms with Crippen LogP contribution in [0.2, 0.25) is 0 Å². The van der Waals surface area contributed by atoms with E-state index in [1.807, 2.05) is 36.2 Å². The Morgan fingerprint density at radius 1 is 1.13 bits per heavy atom. The number of halogens is 1. The van der Waals surface area contributed by atoms with Gasteiger partial charge < -0.3 is 9.64 Å². The lowest BCUT2D eigenvalue weighted by Crippen LogP contribution is -2.47. The average Bonchev–Trinajstić information content (AvgIpc) is 2.79. The van der Waals surface area contributed by atoms with Gasteiger partial charge in [0.15, 0.2) is 0 Å². The molecule has 3 aromatic rings. The van der Waals surface area contributed by atoms with Gasteiger partial charge in [-0.25, -0.2) is 0 Å². The largest absolute Gasteiger partial charge is 0.379 e. The number of amides is 1. The van der Waals surface area contributed by atoms with Crippen molar-refractivity contribution >= 4 is 29.2 Å². The third kappa shape index (κ3) is 4.82. The van der Waals surface area contributed by atoms with Gasteiger partial charge in [0, 0.05) is 43.8 Å². The van der Waals surface area contributed by atoms with Gasteiger partial charge in [0.05, 0.1) is 11.6 Å². The first-order chi connectivity index (χ1) is 14.2. The average molecular weight is 425 g/mol. The number of para-hydroxylation sites is 1. The highest BCUT2D eigenvalue weighted by Crippen LogP contribution is 2.27. The summed E-state index contributed by atoms with van der Waals surface area (Å²) >= 11 is 0. The number of benzene rings is 2. The number of fused-ring (bicyclic) bond motifs is 1. The van der Waals surface area contributed by atoms with Crippen molar-refractivity contribution < 1.29 is 9.53 Å². The molecule has 4 rings (SSSR count). The monoisotopic (exact) mass is 424 g/mol. The highest BCUT2D eigenvalue weighted by molar-refractivity contribution is 5.85. The Morgan fingerprint density at radius 3 is 2.63 bits per heavy atom. The zero-order valence-corrected chi connectivity index (χ0v) is 18.4. The molecule has 0 saturated carbocycles. The van der Waals surface area contributed by atoms with Crippen molar-refractivity contribution in [3.05, 3.63) is 66.4 Å². The van der Waals surface area contributed by atoms with Crippen LogP contribution >= 0.6 is 12.4 Å². The van der Waals surface area contributed by atoms with Gasteiger partial charge >= 0.3 is 0 Å². The topological polar surface area (TPSA) is 42.4 Å². The molecule has 0 unspecified atom stereocenters. The quantitative estimate of drug-likeness (QED) is 0.569. The van der Waals surface area contributed by atoms with Crippen LogP contribution in [0, 0.1) is 5.92 Å². The van der Waals surface area contributed by atoms with Crippen LogP contribution in [-0.2, 0) is 16.0 Å². The van der Waals surface area contributed by atoms with Crippen molar-refractivity contribution in [2.75, 3.05) is 20.2 Å². The minimum Gasteiger partial charge on any atom is -0.379 e. The molecule has 0 radical (unpaired) electrons. The number of likely N-dealkylation sites (tertiary alicyclic amines) is 1. The van der Waals surface area contributed by atoms with Crippen molar-refractivity contribution in [2.24, 2.45) is 5.92 Å². The highest BCUT2D eigenvalue weighted by Gasteiger charge is 2.31.